The predicted molar refractivity (Wildman–Crippen MR) is 122 cm³/mol. The van der Waals surface area contributed by atoms with Gasteiger partial charge in [0.1, 0.15) is 11.3 Å². The molecule has 2 aromatic heterocycles. The second-order valence-electron chi connectivity index (χ2n) is 7.58. The van der Waals surface area contributed by atoms with Crippen molar-refractivity contribution in [1.82, 2.24) is 10.3 Å². The quantitative estimate of drug-likeness (QED) is 0.428. The lowest BCUT2D eigenvalue weighted by atomic mass is 10.1. The van der Waals surface area contributed by atoms with Crippen molar-refractivity contribution in [3.8, 4) is 5.75 Å². The molecule has 7 heteroatoms. The van der Waals surface area contributed by atoms with Crippen molar-refractivity contribution in [1.29, 1.82) is 0 Å². The molecule has 2 N–H and O–H groups in total. The molecule has 0 saturated carbocycles. The number of para-hydroxylation sites is 1. The summed E-state index contributed by atoms with van der Waals surface area (Å²) >= 11 is 6.36. The maximum absolute atomic E-state index is 12.5. The number of fused-ring (bicyclic) bond motifs is 2. The molecular weight excluding hydrogens is 416 g/mol. The van der Waals surface area contributed by atoms with Gasteiger partial charge in [-0.3, -0.25) is 4.79 Å². The molecule has 0 spiro atoms. The average Bonchev–Trinajstić information content (AvgIpc) is 3.16. The van der Waals surface area contributed by atoms with Crippen molar-refractivity contribution < 1.29 is 13.9 Å². The van der Waals surface area contributed by atoms with Crippen LogP contribution in [0.5, 0.6) is 5.75 Å². The Morgan fingerprint density at radius 1 is 1.19 bits per heavy atom. The molecule has 0 bridgehead atoms. The Morgan fingerprint density at radius 3 is 2.77 bits per heavy atom. The van der Waals surface area contributed by atoms with Crippen LogP contribution in [-0.4, -0.2) is 23.5 Å². The molecule has 0 fully saturated rings. The van der Waals surface area contributed by atoms with E-state index in [1.54, 1.807) is 26.0 Å². The molecule has 2 aromatic carbocycles. The number of benzene rings is 2. The molecule has 160 valence electrons. The van der Waals surface area contributed by atoms with Gasteiger partial charge in [0.2, 0.25) is 0 Å². The highest BCUT2D eigenvalue weighted by Gasteiger charge is 2.18. The minimum atomic E-state index is -0.767. The van der Waals surface area contributed by atoms with E-state index in [1.807, 2.05) is 31.3 Å². The van der Waals surface area contributed by atoms with Gasteiger partial charge in [-0.15, -0.1) is 0 Å². The van der Waals surface area contributed by atoms with Gasteiger partial charge in [0.05, 0.1) is 5.02 Å². The summed E-state index contributed by atoms with van der Waals surface area (Å²) in [6, 6.07) is 11.3. The highest BCUT2D eigenvalue weighted by atomic mass is 35.5. The van der Waals surface area contributed by atoms with Gasteiger partial charge in [0, 0.05) is 40.7 Å². The molecule has 1 atom stereocenters. The molecule has 6 nitrogen and oxygen atoms in total. The first kappa shape index (κ1) is 21.0. The third-order valence-electron chi connectivity index (χ3n) is 5.55. The summed E-state index contributed by atoms with van der Waals surface area (Å²) in [5, 5.41) is 5.13. The lowest BCUT2D eigenvalue weighted by Crippen LogP contribution is -2.37. The van der Waals surface area contributed by atoms with Crippen LogP contribution in [0.25, 0.3) is 21.9 Å². The Bertz CT molecular complexity index is 1340. The number of aromatic amines is 1. The molecule has 0 aliphatic heterocycles. The molecular formula is C24H23ClN2O4. The van der Waals surface area contributed by atoms with Gasteiger partial charge in [-0.25, -0.2) is 4.79 Å². The molecule has 4 rings (SSSR count). The minimum absolute atomic E-state index is 0.252. The first-order valence-electron chi connectivity index (χ1n) is 10.1. The summed E-state index contributed by atoms with van der Waals surface area (Å²) in [6.07, 6.45) is 1.89. The van der Waals surface area contributed by atoms with E-state index in [2.05, 4.69) is 16.4 Å². The zero-order chi connectivity index (χ0) is 22.1. The molecule has 0 radical (unpaired) electrons. The number of ether oxygens (including phenoxy) is 1. The summed E-state index contributed by atoms with van der Waals surface area (Å²) < 4.78 is 11.1. The molecule has 4 aromatic rings. The van der Waals surface area contributed by atoms with Crippen LogP contribution in [0.4, 0.5) is 0 Å². The summed E-state index contributed by atoms with van der Waals surface area (Å²) in [5.74, 6) is 0.0393. The van der Waals surface area contributed by atoms with Gasteiger partial charge in [0.25, 0.3) is 5.91 Å². The van der Waals surface area contributed by atoms with E-state index in [1.165, 1.54) is 0 Å². The van der Waals surface area contributed by atoms with Crippen molar-refractivity contribution in [2.45, 2.75) is 33.3 Å². The van der Waals surface area contributed by atoms with E-state index in [0.29, 0.717) is 34.9 Å². The maximum Gasteiger partial charge on any atom is 0.339 e. The predicted octanol–water partition coefficient (Wildman–Crippen LogP) is 4.67. The molecule has 0 aliphatic rings. The zero-order valence-corrected chi connectivity index (χ0v) is 18.3. The van der Waals surface area contributed by atoms with Crippen LogP contribution in [0.15, 0.2) is 51.8 Å². The topological polar surface area (TPSA) is 84.3 Å². The fourth-order valence-corrected chi connectivity index (χ4v) is 3.79. The second-order valence-corrected chi connectivity index (χ2v) is 7.99. The Morgan fingerprint density at radius 2 is 1.97 bits per heavy atom. The first-order valence-corrected chi connectivity index (χ1v) is 10.5. The van der Waals surface area contributed by atoms with Crippen LogP contribution in [0.3, 0.4) is 0 Å². The maximum atomic E-state index is 12.5. The second kappa shape index (κ2) is 8.47. The number of rotatable bonds is 6. The summed E-state index contributed by atoms with van der Waals surface area (Å²) in [4.78, 5) is 27.7. The van der Waals surface area contributed by atoms with E-state index >= 15 is 0 Å². The molecule has 2 heterocycles. The first-order chi connectivity index (χ1) is 14.8. The van der Waals surface area contributed by atoms with Crippen molar-refractivity contribution >= 4 is 39.4 Å². The molecule has 0 aliphatic carbocycles. The minimum Gasteiger partial charge on any atom is -0.479 e. The summed E-state index contributed by atoms with van der Waals surface area (Å²) in [6.45, 7) is 5.68. The Balaban J connectivity index is 1.42. The van der Waals surface area contributed by atoms with Gasteiger partial charge in [0.15, 0.2) is 6.10 Å². The van der Waals surface area contributed by atoms with Crippen LogP contribution < -0.4 is 15.7 Å². The molecule has 0 unspecified atom stereocenters. The van der Waals surface area contributed by atoms with Gasteiger partial charge in [-0.2, -0.15) is 0 Å². The van der Waals surface area contributed by atoms with Gasteiger partial charge < -0.3 is 19.5 Å². The highest BCUT2D eigenvalue weighted by Crippen LogP contribution is 2.32. The van der Waals surface area contributed by atoms with Gasteiger partial charge in [-0.05, 0) is 50.5 Å². The van der Waals surface area contributed by atoms with Crippen LogP contribution in [-0.2, 0) is 11.2 Å². The number of amides is 1. The molecule has 0 saturated heterocycles. The summed E-state index contributed by atoms with van der Waals surface area (Å²) in [7, 11) is 0. The number of nitrogens with one attached hydrogen (secondary N) is 2. The number of halogens is 1. The normalized spacial score (nSPS) is 12.3. The Hall–Kier alpha value is -3.25. The number of carbonyl (C=O) groups is 1. The number of aryl methyl sites for hydroxylation is 1. The van der Waals surface area contributed by atoms with E-state index in [9.17, 15) is 9.59 Å². The smallest absolute Gasteiger partial charge is 0.339 e. The van der Waals surface area contributed by atoms with Crippen molar-refractivity contribution in [3.63, 3.8) is 0 Å². The number of H-pyrrole nitrogens is 1. The standard InChI is InChI=1S/C24H23ClN2O4/c1-13-14(2)24(29)31-21-11-22(19(25)10-18(13)21)30-15(3)23(28)26-9-8-16-12-27-20-7-5-4-6-17(16)20/h4-7,10-12,15,27H,8-9H2,1-3H3,(H,26,28)/t15-/m1/s1. The Kier molecular flexibility index (Phi) is 5.74. The fourth-order valence-electron chi connectivity index (χ4n) is 3.58. The molecule has 1 amide bonds. The van der Waals surface area contributed by atoms with E-state index < -0.39 is 11.7 Å². The van der Waals surface area contributed by atoms with Crippen molar-refractivity contribution in [3.05, 3.63) is 74.7 Å². The van der Waals surface area contributed by atoms with Crippen LogP contribution >= 0.6 is 11.6 Å². The number of hydrogen-bond donors (Lipinski definition) is 2. The van der Waals surface area contributed by atoms with E-state index in [-0.39, 0.29) is 5.91 Å². The van der Waals surface area contributed by atoms with E-state index in [0.717, 1.165) is 27.4 Å². The van der Waals surface area contributed by atoms with E-state index in [4.69, 9.17) is 20.8 Å². The van der Waals surface area contributed by atoms with Crippen LogP contribution in [0.1, 0.15) is 23.6 Å². The molecule has 31 heavy (non-hydrogen) atoms. The van der Waals surface area contributed by atoms with Crippen molar-refractivity contribution in [2.24, 2.45) is 0 Å². The summed E-state index contributed by atoms with van der Waals surface area (Å²) in [5.41, 5.74) is 3.54. The third kappa shape index (κ3) is 4.16. The lowest BCUT2D eigenvalue weighted by Gasteiger charge is -2.16. The fraction of sp³-hybridized carbons (Fsp3) is 0.250. The van der Waals surface area contributed by atoms with Crippen molar-refractivity contribution in [2.75, 3.05) is 6.54 Å². The third-order valence-corrected chi connectivity index (χ3v) is 5.85. The van der Waals surface area contributed by atoms with Gasteiger partial charge >= 0.3 is 5.63 Å². The SMILES string of the molecule is Cc1c(C)c2cc(Cl)c(O[C@H](C)C(=O)NCCc3c[nH]c4ccccc34)cc2oc1=O. The number of aromatic nitrogens is 1. The van der Waals surface area contributed by atoms with Crippen LogP contribution in [0.2, 0.25) is 5.02 Å². The van der Waals surface area contributed by atoms with Gasteiger partial charge in [-0.1, -0.05) is 29.8 Å². The Labute approximate surface area is 184 Å². The van der Waals surface area contributed by atoms with Crippen LogP contribution in [0, 0.1) is 13.8 Å². The zero-order valence-electron chi connectivity index (χ0n) is 17.5. The number of hydrogen-bond acceptors (Lipinski definition) is 4. The monoisotopic (exact) mass is 438 g/mol. The largest absolute Gasteiger partial charge is 0.479 e. The lowest BCUT2D eigenvalue weighted by molar-refractivity contribution is -0.127. The highest BCUT2D eigenvalue weighted by molar-refractivity contribution is 6.32. The number of carbonyl (C=O) groups excluding carboxylic acids is 1. The average molecular weight is 439 g/mol.